The molecule has 1 aromatic rings. The maximum atomic E-state index is 12.1. The van der Waals surface area contributed by atoms with E-state index in [1.165, 1.54) is 0 Å². The highest BCUT2D eigenvalue weighted by molar-refractivity contribution is 6.74. The van der Waals surface area contributed by atoms with Gasteiger partial charge in [-0.15, -0.1) is 0 Å². The van der Waals surface area contributed by atoms with E-state index in [4.69, 9.17) is 13.9 Å². The molecule has 4 atom stereocenters. The average molecular weight is 364 g/mol. The lowest BCUT2D eigenvalue weighted by atomic mass is 9.93. The summed E-state index contributed by atoms with van der Waals surface area (Å²) in [6, 6.07) is 8.49. The Morgan fingerprint density at radius 3 is 2.44 bits per heavy atom. The molecule has 1 aliphatic heterocycles. The van der Waals surface area contributed by atoms with Crippen molar-refractivity contribution in [1.82, 2.24) is 0 Å². The van der Waals surface area contributed by atoms with E-state index in [0.29, 0.717) is 5.56 Å². The third-order valence-corrected chi connectivity index (χ3v) is 9.67. The fourth-order valence-electron chi connectivity index (χ4n) is 2.53. The van der Waals surface area contributed by atoms with Gasteiger partial charge >= 0.3 is 5.97 Å². The van der Waals surface area contributed by atoms with Crippen LogP contribution in [-0.4, -0.2) is 58.2 Å². The van der Waals surface area contributed by atoms with Crippen molar-refractivity contribution in [3.8, 4) is 0 Å². The Kier molecular flexibility index (Phi) is 6.14. The second-order valence-electron chi connectivity index (χ2n) is 8.18. The van der Waals surface area contributed by atoms with Crippen LogP contribution in [0.1, 0.15) is 31.1 Å². The summed E-state index contributed by atoms with van der Waals surface area (Å²) in [4.78, 5) is 12.1. The molecule has 5 nitrogen and oxygen atoms in total. The number of carbonyl (C=O) groups excluding carboxylic acids is 1. The topological polar surface area (TPSA) is 65.0 Å². The van der Waals surface area contributed by atoms with Crippen LogP contribution in [0.5, 0.6) is 0 Å². The molecule has 0 bridgehead atoms. The van der Waals surface area contributed by atoms with E-state index in [9.17, 15) is 9.90 Å². The molecule has 2 rings (SSSR count). The molecule has 138 valence electrons. The van der Waals surface area contributed by atoms with Crippen molar-refractivity contribution in [3.05, 3.63) is 35.9 Å². The molecule has 1 aliphatic rings. The molecule has 1 heterocycles. The Morgan fingerprint density at radius 1 is 1.28 bits per heavy atom. The van der Waals surface area contributed by atoms with Gasteiger partial charge in [0, 0.05) is 0 Å². The standard InChI is InChI=1S/C18H29BO5Si/c1-18(2,3)25(4,5)24-15-13(23-16(19)14(15)20)11-22-17(21)12-9-7-6-8-10-12/h6-10,13-16,20H,11,19H2,1-5H3/t13-,14?,15?,16-/m1/s1. The van der Waals surface area contributed by atoms with Gasteiger partial charge < -0.3 is 19.0 Å². The number of benzene rings is 1. The van der Waals surface area contributed by atoms with Crippen LogP contribution in [0, 0.1) is 0 Å². The highest BCUT2D eigenvalue weighted by Crippen LogP contribution is 2.39. The van der Waals surface area contributed by atoms with Crippen LogP contribution in [0.3, 0.4) is 0 Å². The van der Waals surface area contributed by atoms with E-state index in [-0.39, 0.29) is 17.6 Å². The van der Waals surface area contributed by atoms with Crippen molar-refractivity contribution >= 4 is 22.1 Å². The van der Waals surface area contributed by atoms with Gasteiger partial charge in [-0.25, -0.2) is 4.79 Å². The van der Waals surface area contributed by atoms with Gasteiger partial charge in [0.2, 0.25) is 0 Å². The molecule has 1 saturated heterocycles. The monoisotopic (exact) mass is 364 g/mol. The first-order chi connectivity index (χ1) is 11.5. The van der Waals surface area contributed by atoms with Gasteiger partial charge in [-0.05, 0) is 30.3 Å². The van der Waals surface area contributed by atoms with E-state index in [2.05, 4.69) is 33.9 Å². The molecule has 0 spiro atoms. The molecular weight excluding hydrogens is 335 g/mol. The number of carbonyl (C=O) groups is 1. The molecule has 25 heavy (non-hydrogen) atoms. The summed E-state index contributed by atoms with van der Waals surface area (Å²) in [5, 5.41) is 10.5. The van der Waals surface area contributed by atoms with E-state index in [1.807, 2.05) is 13.9 Å². The SMILES string of the molecule is B[C@@H]1O[C@H](COC(=O)c2ccccc2)C(O[Si](C)(C)C(C)(C)C)C1O. The number of rotatable bonds is 5. The van der Waals surface area contributed by atoms with Gasteiger partial charge in [0.05, 0.1) is 17.7 Å². The fourth-order valence-corrected chi connectivity index (χ4v) is 3.86. The summed E-state index contributed by atoms with van der Waals surface area (Å²) in [6.07, 6.45) is -1.68. The first kappa shape index (κ1) is 20.2. The molecule has 0 amide bonds. The molecule has 0 aliphatic carbocycles. The minimum atomic E-state index is -2.08. The second-order valence-corrected chi connectivity index (χ2v) is 12.9. The number of esters is 1. The summed E-state index contributed by atoms with van der Waals surface area (Å²) in [6.45, 7) is 10.8. The smallest absolute Gasteiger partial charge is 0.338 e. The van der Waals surface area contributed by atoms with Crippen LogP contribution in [0.4, 0.5) is 0 Å². The predicted octanol–water partition coefficient (Wildman–Crippen LogP) is 1.95. The summed E-state index contributed by atoms with van der Waals surface area (Å²) < 4.78 is 17.6. The molecule has 1 fully saturated rings. The Morgan fingerprint density at radius 2 is 1.88 bits per heavy atom. The molecule has 0 saturated carbocycles. The third-order valence-electron chi connectivity index (χ3n) is 5.20. The van der Waals surface area contributed by atoms with Crippen molar-refractivity contribution in [2.75, 3.05) is 6.61 Å². The molecule has 0 radical (unpaired) electrons. The minimum Gasteiger partial charge on any atom is -0.459 e. The highest BCUT2D eigenvalue weighted by atomic mass is 28.4. The number of aliphatic hydroxyl groups is 1. The van der Waals surface area contributed by atoms with Crippen LogP contribution in [-0.2, 0) is 13.9 Å². The Balaban J connectivity index is 2.04. The Bertz CT molecular complexity index is 587. The Labute approximate surface area is 152 Å². The van der Waals surface area contributed by atoms with E-state index in [0.717, 1.165) is 0 Å². The van der Waals surface area contributed by atoms with E-state index >= 15 is 0 Å². The number of aliphatic hydroxyl groups excluding tert-OH is 1. The van der Waals surface area contributed by atoms with Crippen molar-refractivity contribution in [1.29, 1.82) is 0 Å². The van der Waals surface area contributed by atoms with E-state index < -0.39 is 32.6 Å². The van der Waals surface area contributed by atoms with Gasteiger partial charge in [-0.2, -0.15) is 0 Å². The zero-order valence-electron chi connectivity index (χ0n) is 16.0. The largest absolute Gasteiger partial charge is 0.459 e. The first-order valence-electron chi connectivity index (χ1n) is 8.76. The maximum absolute atomic E-state index is 12.1. The minimum absolute atomic E-state index is 0.0177. The molecule has 7 heteroatoms. The lowest BCUT2D eigenvalue weighted by molar-refractivity contribution is -0.0192. The Hall–Kier alpha value is -1.15. The predicted molar refractivity (Wildman–Crippen MR) is 102 cm³/mol. The summed E-state index contributed by atoms with van der Waals surface area (Å²) >= 11 is 0. The van der Waals surface area contributed by atoms with Crippen molar-refractivity contribution in [2.24, 2.45) is 0 Å². The normalized spacial score (nSPS) is 27.3. The highest BCUT2D eigenvalue weighted by Gasteiger charge is 2.48. The van der Waals surface area contributed by atoms with Gasteiger partial charge in [0.1, 0.15) is 26.7 Å². The number of ether oxygens (including phenoxy) is 2. The fraction of sp³-hybridized carbons (Fsp3) is 0.611. The molecule has 0 aromatic heterocycles. The van der Waals surface area contributed by atoms with E-state index in [1.54, 1.807) is 24.3 Å². The van der Waals surface area contributed by atoms with Crippen LogP contribution >= 0.6 is 0 Å². The molecule has 1 N–H and O–H groups in total. The van der Waals surface area contributed by atoms with Crippen molar-refractivity contribution in [3.63, 3.8) is 0 Å². The molecule has 2 unspecified atom stereocenters. The van der Waals surface area contributed by atoms with Crippen LogP contribution < -0.4 is 0 Å². The maximum Gasteiger partial charge on any atom is 0.338 e. The van der Waals surface area contributed by atoms with Gasteiger partial charge in [-0.1, -0.05) is 39.0 Å². The van der Waals surface area contributed by atoms with Crippen LogP contribution in [0.2, 0.25) is 18.1 Å². The number of hydrogen-bond donors (Lipinski definition) is 1. The lowest BCUT2D eigenvalue weighted by Gasteiger charge is -2.40. The van der Waals surface area contributed by atoms with Crippen LogP contribution in [0.25, 0.3) is 0 Å². The van der Waals surface area contributed by atoms with Crippen molar-refractivity contribution < 1.29 is 23.8 Å². The van der Waals surface area contributed by atoms with Crippen LogP contribution in [0.15, 0.2) is 30.3 Å². The molecule has 1 aromatic carbocycles. The van der Waals surface area contributed by atoms with Gasteiger partial charge in [0.25, 0.3) is 0 Å². The zero-order valence-corrected chi connectivity index (χ0v) is 17.0. The number of hydrogen-bond acceptors (Lipinski definition) is 5. The van der Waals surface area contributed by atoms with Gasteiger partial charge in [-0.3, -0.25) is 0 Å². The summed E-state index contributed by atoms with van der Waals surface area (Å²) in [5.74, 6) is -0.399. The summed E-state index contributed by atoms with van der Waals surface area (Å²) in [7, 11) is -0.273. The average Bonchev–Trinajstić information content (AvgIpc) is 2.80. The lowest BCUT2D eigenvalue weighted by Crippen LogP contribution is -2.50. The molecular formula is C18H29BO5Si. The first-order valence-corrected chi connectivity index (χ1v) is 11.7. The van der Waals surface area contributed by atoms with Gasteiger partial charge in [0.15, 0.2) is 8.32 Å². The second kappa shape index (κ2) is 7.62. The third kappa shape index (κ3) is 4.73. The zero-order chi connectivity index (χ0) is 18.8. The van der Waals surface area contributed by atoms with Crippen molar-refractivity contribution in [2.45, 2.75) is 63.2 Å². The summed E-state index contributed by atoms with van der Waals surface area (Å²) in [5.41, 5.74) is 0.496. The quantitative estimate of drug-likeness (QED) is 0.639.